The smallest absolute Gasteiger partial charge is 0.145 e. The van der Waals surface area contributed by atoms with Gasteiger partial charge in [-0.25, -0.2) is 0 Å². The third kappa shape index (κ3) is 23.3. The molecular formula is C44H82O3. The summed E-state index contributed by atoms with van der Waals surface area (Å²) in [4.78, 5) is 9.41. The van der Waals surface area contributed by atoms with Crippen molar-refractivity contribution in [2.75, 3.05) is 20.3 Å². The van der Waals surface area contributed by atoms with E-state index in [4.69, 9.17) is 4.74 Å². The van der Waals surface area contributed by atoms with E-state index >= 15 is 0 Å². The molecule has 0 aromatic carbocycles. The third-order valence-electron chi connectivity index (χ3n) is 9.57. The first kappa shape index (κ1) is 49.7. The lowest BCUT2D eigenvalue weighted by atomic mass is 9.82. The van der Waals surface area contributed by atoms with Crippen LogP contribution in [0.2, 0.25) is 0 Å². The van der Waals surface area contributed by atoms with Crippen molar-refractivity contribution in [3.8, 4) is 0 Å². The number of allylic oxidation sites excluding steroid dienone is 9. The van der Waals surface area contributed by atoms with Crippen molar-refractivity contribution in [1.82, 2.24) is 0 Å². The van der Waals surface area contributed by atoms with Crippen molar-refractivity contribution >= 4 is 6.29 Å². The highest BCUT2D eigenvalue weighted by molar-refractivity contribution is 5.70. The van der Waals surface area contributed by atoms with Crippen LogP contribution in [0.3, 0.4) is 0 Å². The van der Waals surface area contributed by atoms with E-state index in [0.29, 0.717) is 24.0 Å². The Morgan fingerprint density at radius 3 is 1.87 bits per heavy atom. The Labute approximate surface area is 295 Å². The highest BCUT2D eigenvalue weighted by atomic mass is 16.5. The van der Waals surface area contributed by atoms with Crippen LogP contribution in [0, 0.1) is 29.6 Å². The predicted molar refractivity (Wildman–Crippen MR) is 212 cm³/mol. The van der Waals surface area contributed by atoms with E-state index in [1.54, 1.807) is 30.8 Å². The summed E-state index contributed by atoms with van der Waals surface area (Å²) >= 11 is 0. The number of hydrogen-bond acceptors (Lipinski definition) is 3. The van der Waals surface area contributed by atoms with Gasteiger partial charge in [0.25, 0.3) is 0 Å². The average molecular weight is 659 g/mol. The van der Waals surface area contributed by atoms with E-state index in [9.17, 15) is 9.90 Å². The van der Waals surface area contributed by atoms with E-state index in [2.05, 4.69) is 94.9 Å². The maximum atomic E-state index is 9.55. The topological polar surface area (TPSA) is 46.5 Å². The van der Waals surface area contributed by atoms with Crippen LogP contribution in [0.4, 0.5) is 0 Å². The van der Waals surface area contributed by atoms with Crippen LogP contribution in [0.1, 0.15) is 168 Å². The molecule has 0 radical (unpaired) electrons. The minimum Gasteiger partial charge on any atom is -0.396 e. The van der Waals surface area contributed by atoms with E-state index < -0.39 is 0 Å². The summed E-state index contributed by atoms with van der Waals surface area (Å²) in [6, 6.07) is 0. The van der Waals surface area contributed by atoms with Gasteiger partial charge in [-0.1, -0.05) is 125 Å². The van der Waals surface area contributed by atoms with Crippen molar-refractivity contribution in [2.45, 2.75) is 168 Å². The number of hydrogen-bond donors (Lipinski definition) is 1. The summed E-state index contributed by atoms with van der Waals surface area (Å²) < 4.78 is 5.25. The Morgan fingerprint density at radius 2 is 1.45 bits per heavy atom. The molecule has 0 aliphatic heterocycles. The molecule has 5 atom stereocenters. The molecule has 0 aromatic heterocycles. The van der Waals surface area contributed by atoms with Gasteiger partial charge in [-0.05, 0) is 124 Å². The van der Waals surface area contributed by atoms with Crippen molar-refractivity contribution in [2.24, 2.45) is 29.6 Å². The second-order valence-electron chi connectivity index (χ2n) is 13.9. The number of aliphatic hydroxyl groups is 1. The molecule has 276 valence electrons. The van der Waals surface area contributed by atoms with Crippen LogP contribution in [0.15, 0.2) is 57.7 Å². The molecule has 1 N–H and O–H groups in total. The summed E-state index contributed by atoms with van der Waals surface area (Å²) in [5.41, 5.74) is 9.95. The fraction of sp³-hybridized carbons (Fsp3) is 0.750. The first-order valence-corrected chi connectivity index (χ1v) is 19.3. The van der Waals surface area contributed by atoms with Gasteiger partial charge in [0.2, 0.25) is 0 Å². The summed E-state index contributed by atoms with van der Waals surface area (Å²) in [7, 11) is 1.73. The third-order valence-corrected chi connectivity index (χ3v) is 9.57. The number of aliphatic hydroxyl groups excluding tert-OH is 1. The molecule has 1 aliphatic rings. The second-order valence-corrected chi connectivity index (χ2v) is 13.9. The lowest BCUT2D eigenvalue weighted by Crippen LogP contribution is -2.17. The normalized spacial score (nSPS) is 16.8. The molecule has 47 heavy (non-hydrogen) atoms. The SMILES string of the molecule is C=C(C)C=O.CC.CCC.CCC1=C(CC)CCC(/C(C)=C(/C=C(\C)C(C)CCC(C)C(C)CCC(C)CC(CO)COC)CC)=C1. The Bertz CT molecular complexity index is 932. The highest BCUT2D eigenvalue weighted by Gasteiger charge is 2.18. The zero-order chi connectivity index (χ0) is 36.9. The second kappa shape index (κ2) is 31.6. The van der Waals surface area contributed by atoms with E-state index in [1.165, 1.54) is 68.1 Å². The molecule has 3 nitrogen and oxygen atoms in total. The summed E-state index contributed by atoms with van der Waals surface area (Å²) in [5, 5.41) is 9.55. The van der Waals surface area contributed by atoms with Gasteiger partial charge in [0.05, 0.1) is 6.61 Å². The fourth-order valence-electron chi connectivity index (χ4n) is 5.96. The zero-order valence-electron chi connectivity index (χ0n) is 34.3. The lowest BCUT2D eigenvalue weighted by Gasteiger charge is -2.25. The zero-order valence-corrected chi connectivity index (χ0v) is 34.3. The molecule has 0 heterocycles. The Hall–Kier alpha value is -1.71. The number of ether oxygens (including phenoxy) is 1. The molecule has 0 spiro atoms. The molecular weight excluding hydrogens is 576 g/mol. The predicted octanol–water partition coefficient (Wildman–Crippen LogP) is 13.4. The number of carbonyl (C=O) groups is 1. The summed E-state index contributed by atoms with van der Waals surface area (Å²) in [6.07, 6.45) is 19.0. The Balaban J connectivity index is -0.00000170. The van der Waals surface area contributed by atoms with Gasteiger partial charge in [-0.2, -0.15) is 0 Å². The minimum atomic E-state index is 0.234. The van der Waals surface area contributed by atoms with Crippen LogP contribution in [0.25, 0.3) is 0 Å². The van der Waals surface area contributed by atoms with Crippen LogP contribution in [0.5, 0.6) is 0 Å². The molecule has 1 aliphatic carbocycles. The molecule has 0 saturated heterocycles. The van der Waals surface area contributed by atoms with Gasteiger partial charge >= 0.3 is 0 Å². The van der Waals surface area contributed by atoms with E-state index in [1.807, 2.05) is 13.8 Å². The first-order chi connectivity index (χ1) is 22.3. The monoisotopic (exact) mass is 659 g/mol. The molecule has 1 rings (SSSR count). The van der Waals surface area contributed by atoms with E-state index in [-0.39, 0.29) is 12.5 Å². The molecule has 0 saturated carbocycles. The minimum absolute atomic E-state index is 0.234. The molecule has 0 aromatic rings. The number of aldehydes is 1. The lowest BCUT2D eigenvalue weighted by molar-refractivity contribution is -0.104. The van der Waals surface area contributed by atoms with Gasteiger partial charge in [-0.3, -0.25) is 4.79 Å². The summed E-state index contributed by atoms with van der Waals surface area (Å²) in [5.74, 6) is 3.04. The molecule has 0 fully saturated rings. The van der Waals surface area contributed by atoms with Crippen LogP contribution in [-0.2, 0) is 9.53 Å². The Morgan fingerprint density at radius 1 is 0.915 bits per heavy atom. The highest BCUT2D eigenvalue weighted by Crippen LogP contribution is 2.34. The van der Waals surface area contributed by atoms with E-state index in [0.717, 1.165) is 37.4 Å². The van der Waals surface area contributed by atoms with Gasteiger partial charge < -0.3 is 9.84 Å². The standard InChI is InChI=1S/C35H62O2.C4H6O.C3H8.C2H6/c1-11-32-18-19-35(22-34(32)13-3)30(9)33(12-2)21-29(8)28(7)17-16-27(6)26(5)15-14-25(4)20-31(23-36)24-37-10;1-4(2)3-5;1-3-2;1-2/h21-22,25-28,31,36H,11-20,23-24H2,1-10H3;3H,1H2,2H3;3H2,1-2H3;1-2H3/b29-21+,33-30+;;;. The maximum Gasteiger partial charge on any atom is 0.145 e. The average Bonchev–Trinajstić information content (AvgIpc) is 3.08. The van der Waals surface area contributed by atoms with Crippen LogP contribution >= 0.6 is 0 Å². The molecule has 5 unspecified atom stereocenters. The maximum absolute atomic E-state index is 9.55. The first-order valence-electron chi connectivity index (χ1n) is 19.3. The fourth-order valence-corrected chi connectivity index (χ4v) is 5.96. The Kier molecular flexibility index (Phi) is 33.3. The molecule has 3 heteroatoms. The molecule has 0 bridgehead atoms. The van der Waals surface area contributed by atoms with Gasteiger partial charge in [0.1, 0.15) is 6.29 Å². The van der Waals surface area contributed by atoms with Crippen molar-refractivity contribution in [3.05, 3.63) is 57.7 Å². The number of methoxy groups -OCH3 is 1. The largest absolute Gasteiger partial charge is 0.396 e. The van der Waals surface area contributed by atoms with Gasteiger partial charge in [-0.15, -0.1) is 0 Å². The summed E-state index contributed by atoms with van der Waals surface area (Å²) in [6.45, 7) is 35.4. The van der Waals surface area contributed by atoms with Crippen molar-refractivity contribution in [1.29, 1.82) is 0 Å². The van der Waals surface area contributed by atoms with Crippen LogP contribution < -0.4 is 0 Å². The van der Waals surface area contributed by atoms with Gasteiger partial charge in [0, 0.05) is 19.6 Å². The molecule has 0 amide bonds. The van der Waals surface area contributed by atoms with Crippen molar-refractivity contribution in [3.63, 3.8) is 0 Å². The quantitative estimate of drug-likeness (QED) is 0.0853. The van der Waals surface area contributed by atoms with Crippen LogP contribution in [-0.4, -0.2) is 31.7 Å². The number of carbonyl (C=O) groups excluding carboxylic acids is 1. The van der Waals surface area contributed by atoms with Gasteiger partial charge in [0.15, 0.2) is 0 Å². The number of rotatable bonds is 19. The van der Waals surface area contributed by atoms with Crippen molar-refractivity contribution < 1.29 is 14.6 Å².